The van der Waals surface area contributed by atoms with Crippen LogP contribution >= 0.6 is 11.8 Å². The van der Waals surface area contributed by atoms with E-state index in [1.54, 1.807) is 23.9 Å². The van der Waals surface area contributed by atoms with Gasteiger partial charge in [0.15, 0.2) is 5.17 Å². The van der Waals surface area contributed by atoms with Crippen LogP contribution in [0.1, 0.15) is 22.7 Å². The van der Waals surface area contributed by atoms with E-state index < -0.39 is 0 Å². The van der Waals surface area contributed by atoms with E-state index in [1.807, 2.05) is 30.3 Å². The SMILES string of the molecule is CN1CC(=Cc2ccc(F)cc2)C2=C(C1)C(c1ccc(F)cc1)N1C(c3ccccc3)=CSC1=N2. The van der Waals surface area contributed by atoms with E-state index in [-0.39, 0.29) is 17.7 Å². The Labute approximate surface area is 207 Å². The Morgan fingerprint density at radius 2 is 1.57 bits per heavy atom. The molecule has 0 bridgehead atoms. The van der Waals surface area contributed by atoms with Gasteiger partial charge in [-0.3, -0.25) is 4.90 Å². The molecule has 0 saturated carbocycles. The van der Waals surface area contributed by atoms with E-state index in [2.05, 4.69) is 40.5 Å². The molecule has 6 rings (SSSR count). The highest BCUT2D eigenvalue weighted by atomic mass is 32.2. The first kappa shape index (κ1) is 22.0. The van der Waals surface area contributed by atoms with Crippen LogP contribution in [0.25, 0.3) is 11.8 Å². The average Bonchev–Trinajstić information content (AvgIpc) is 3.29. The molecule has 1 unspecified atom stereocenters. The van der Waals surface area contributed by atoms with Gasteiger partial charge < -0.3 is 4.90 Å². The maximum absolute atomic E-state index is 13.9. The van der Waals surface area contributed by atoms with Crippen molar-refractivity contribution in [3.63, 3.8) is 0 Å². The van der Waals surface area contributed by atoms with Crippen LogP contribution in [0, 0.1) is 11.6 Å². The Morgan fingerprint density at radius 3 is 2.29 bits per heavy atom. The number of nitrogens with zero attached hydrogens (tertiary/aromatic N) is 3. The van der Waals surface area contributed by atoms with E-state index in [4.69, 9.17) is 4.99 Å². The molecule has 0 saturated heterocycles. The molecule has 0 fully saturated rings. The Hall–Kier alpha value is -3.48. The number of halogens is 2. The third kappa shape index (κ3) is 4.13. The first-order valence-corrected chi connectivity index (χ1v) is 12.4. The third-order valence-corrected chi connectivity index (χ3v) is 7.33. The summed E-state index contributed by atoms with van der Waals surface area (Å²) in [6.07, 6.45) is 2.09. The predicted molar refractivity (Wildman–Crippen MR) is 139 cm³/mol. The third-order valence-electron chi connectivity index (χ3n) is 6.49. The molecular weight excluding hydrogens is 460 g/mol. The topological polar surface area (TPSA) is 18.8 Å². The fraction of sp³-hybridized carbons (Fsp3) is 0.138. The van der Waals surface area contributed by atoms with Gasteiger partial charge in [0.2, 0.25) is 0 Å². The zero-order valence-corrected chi connectivity index (χ0v) is 20.0. The molecule has 174 valence electrons. The summed E-state index contributed by atoms with van der Waals surface area (Å²) in [7, 11) is 2.09. The van der Waals surface area contributed by atoms with Gasteiger partial charge in [-0.05, 0) is 65.2 Å². The molecule has 3 aliphatic rings. The molecule has 1 atom stereocenters. The van der Waals surface area contributed by atoms with Gasteiger partial charge in [0.25, 0.3) is 0 Å². The molecule has 35 heavy (non-hydrogen) atoms. The summed E-state index contributed by atoms with van der Waals surface area (Å²) < 4.78 is 27.4. The van der Waals surface area contributed by atoms with E-state index in [1.165, 1.54) is 29.8 Å². The van der Waals surface area contributed by atoms with Gasteiger partial charge in [0.05, 0.1) is 17.4 Å². The van der Waals surface area contributed by atoms with Crippen molar-refractivity contribution in [2.75, 3.05) is 20.1 Å². The maximum atomic E-state index is 13.9. The minimum absolute atomic E-state index is 0.112. The smallest absolute Gasteiger partial charge is 0.174 e. The van der Waals surface area contributed by atoms with Crippen molar-refractivity contribution in [3.8, 4) is 0 Å². The lowest BCUT2D eigenvalue weighted by Crippen LogP contribution is -2.40. The number of likely N-dealkylation sites (N-methyl/N-ethyl adjacent to an activating group) is 1. The molecule has 3 aromatic rings. The van der Waals surface area contributed by atoms with Gasteiger partial charge in [-0.25, -0.2) is 13.8 Å². The molecule has 0 aromatic heterocycles. The lowest BCUT2D eigenvalue weighted by molar-refractivity contribution is 0.344. The second-order valence-corrected chi connectivity index (χ2v) is 9.81. The van der Waals surface area contributed by atoms with Gasteiger partial charge in [0.1, 0.15) is 11.6 Å². The predicted octanol–water partition coefficient (Wildman–Crippen LogP) is 6.71. The minimum atomic E-state index is -0.250. The molecule has 3 nitrogen and oxygen atoms in total. The molecule has 0 N–H and O–H groups in total. The highest BCUT2D eigenvalue weighted by Gasteiger charge is 2.41. The van der Waals surface area contributed by atoms with Crippen LogP contribution in [0.4, 0.5) is 8.78 Å². The van der Waals surface area contributed by atoms with Crippen LogP contribution in [0.5, 0.6) is 0 Å². The quantitative estimate of drug-likeness (QED) is 0.413. The first-order valence-electron chi connectivity index (χ1n) is 11.5. The summed E-state index contributed by atoms with van der Waals surface area (Å²) >= 11 is 1.61. The van der Waals surface area contributed by atoms with E-state index in [0.717, 1.165) is 51.9 Å². The van der Waals surface area contributed by atoms with Crippen LogP contribution in [-0.4, -0.2) is 35.1 Å². The number of hydrogen-bond acceptors (Lipinski definition) is 4. The number of hydrogen-bond donors (Lipinski definition) is 0. The van der Waals surface area contributed by atoms with Gasteiger partial charge in [-0.2, -0.15) is 0 Å². The number of benzene rings is 3. The van der Waals surface area contributed by atoms with Crippen molar-refractivity contribution in [2.24, 2.45) is 4.99 Å². The fourth-order valence-electron chi connectivity index (χ4n) is 4.94. The second-order valence-electron chi connectivity index (χ2n) is 8.97. The van der Waals surface area contributed by atoms with Gasteiger partial charge in [-0.15, -0.1) is 0 Å². The number of amidine groups is 1. The Kier molecular flexibility index (Phi) is 5.63. The Balaban J connectivity index is 1.51. The van der Waals surface area contributed by atoms with E-state index >= 15 is 0 Å². The van der Waals surface area contributed by atoms with Gasteiger partial charge in [0, 0.05) is 18.5 Å². The molecule has 0 spiro atoms. The highest BCUT2D eigenvalue weighted by molar-refractivity contribution is 8.16. The van der Waals surface area contributed by atoms with Crippen LogP contribution in [0.2, 0.25) is 0 Å². The number of aliphatic imine (C=N–C) groups is 1. The molecule has 6 heteroatoms. The van der Waals surface area contributed by atoms with Crippen molar-refractivity contribution in [1.82, 2.24) is 9.80 Å². The number of fused-ring (bicyclic) bond motifs is 1. The summed E-state index contributed by atoms with van der Waals surface area (Å²) in [5, 5.41) is 3.06. The largest absolute Gasteiger partial charge is 0.308 e. The number of rotatable bonds is 3. The fourth-order valence-corrected chi connectivity index (χ4v) is 5.87. The van der Waals surface area contributed by atoms with Crippen molar-refractivity contribution < 1.29 is 8.78 Å². The summed E-state index contributed by atoms with van der Waals surface area (Å²) in [4.78, 5) is 9.70. The molecule has 3 aromatic carbocycles. The summed E-state index contributed by atoms with van der Waals surface area (Å²) in [6.45, 7) is 1.49. The van der Waals surface area contributed by atoms with Crippen LogP contribution < -0.4 is 0 Å². The second kappa shape index (κ2) is 8.95. The lowest BCUT2D eigenvalue weighted by Gasteiger charge is -2.42. The molecule has 3 aliphatic heterocycles. The Morgan fingerprint density at radius 1 is 0.886 bits per heavy atom. The van der Waals surface area contributed by atoms with E-state index in [0.29, 0.717) is 0 Å². The van der Waals surface area contributed by atoms with Crippen molar-refractivity contribution in [3.05, 3.63) is 129 Å². The summed E-state index contributed by atoms with van der Waals surface area (Å²) in [6, 6.07) is 23.5. The zero-order chi connectivity index (χ0) is 23.9. The Bertz CT molecular complexity index is 1390. The first-order chi connectivity index (χ1) is 17.1. The van der Waals surface area contributed by atoms with Crippen molar-refractivity contribution >= 4 is 28.7 Å². The average molecular weight is 484 g/mol. The maximum Gasteiger partial charge on any atom is 0.174 e. The van der Waals surface area contributed by atoms with Crippen molar-refractivity contribution in [2.45, 2.75) is 6.04 Å². The van der Waals surface area contributed by atoms with Crippen LogP contribution in [0.15, 0.2) is 106 Å². The van der Waals surface area contributed by atoms with Crippen LogP contribution in [-0.2, 0) is 0 Å². The highest BCUT2D eigenvalue weighted by Crippen LogP contribution is 2.49. The van der Waals surface area contributed by atoms with E-state index in [9.17, 15) is 8.78 Å². The molecular formula is C29H23F2N3S. The summed E-state index contributed by atoms with van der Waals surface area (Å²) in [5.41, 5.74) is 7.40. The monoisotopic (exact) mass is 483 g/mol. The molecule has 0 aliphatic carbocycles. The standard InChI is InChI=1S/C29H23F2N3S/c1-33-16-22(15-19-7-11-23(30)12-8-19)27-25(17-33)28(21-9-13-24(31)14-10-21)34-26(18-35-29(34)32-27)20-5-3-2-4-6-20/h2-15,18,28H,16-17H2,1H3. The number of thioether (sulfide) groups is 1. The zero-order valence-electron chi connectivity index (χ0n) is 19.2. The minimum Gasteiger partial charge on any atom is -0.308 e. The lowest BCUT2D eigenvalue weighted by atomic mass is 9.88. The van der Waals surface area contributed by atoms with Crippen LogP contribution in [0.3, 0.4) is 0 Å². The van der Waals surface area contributed by atoms with Crippen molar-refractivity contribution in [1.29, 1.82) is 0 Å². The molecule has 0 radical (unpaired) electrons. The normalized spacial score (nSPS) is 21.1. The molecule has 0 amide bonds. The molecule has 3 heterocycles. The summed E-state index contributed by atoms with van der Waals surface area (Å²) in [5.74, 6) is -0.500. The van der Waals surface area contributed by atoms with Gasteiger partial charge >= 0.3 is 0 Å². The van der Waals surface area contributed by atoms with Gasteiger partial charge in [-0.1, -0.05) is 66.4 Å².